The van der Waals surface area contributed by atoms with Gasteiger partial charge >= 0.3 is 0 Å². The van der Waals surface area contributed by atoms with Gasteiger partial charge in [0.05, 0.1) is 6.04 Å². The van der Waals surface area contributed by atoms with Crippen molar-refractivity contribution in [1.82, 2.24) is 10.3 Å². The first kappa shape index (κ1) is 17.9. The average molecular weight is 335 g/mol. The van der Waals surface area contributed by atoms with Crippen molar-refractivity contribution < 1.29 is 0 Å². The molecular formula is C23H30N2. The summed E-state index contributed by atoms with van der Waals surface area (Å²) in [6.45, 7) is 3.35. The van der Waals surface area contributed by atoms with Gasteiger partial charge in [-0.25, -0.2) is 0 Å². The number of nitrogens with one attached hydrogen (secondary N) is 1. The number of hydrogen-bond acceptors (Lipinski definition) is 2. The Balaban J connectivity index is 1.56. The largest absolute Gasteiger partial charge is 0.306 e. The van der Waals surface area contributed by atoms with Crippen LogP contribution in [0, 0.1) is 0 Å². The Morgan fingerprint density at radius 2 is 1.72 bits per heavy atom. The lowest BCUT2D eigenvalue weighted by atomic mass is 9.99. The van der Waals surface area contributed by atoms with Crippen molar-refractivity contribution >= 4 is 11.6 Å². The molecule has 1 N–H and O–H groups in total. The lowest BCUT2D eigenvalue weighted by molar-refractivity contribution is 0.549. The van der Waals surface area contributed by atoms with Gasteiger partial charge in [0, 0.05) is 12.4 Å². The normalized spacial score (nSPS) is 15.9. The molecule has 0 saturated heterocycles. The standard InChI is InChI=1S/C23H30N2/c1-2-3-4-5-6-7-10-16-25-23-21-14-9-8-12-19(21)17-22(23)20-13-11-15-24-18-20/h8-9,11-15,17-18,23,25H,2-7,10,16H2,1H3. The molecule has 1 aromatic carbocycles. The number of aromatic nitrogens is 1. The van der Waals surface area contributed by atoms with Gasteiger partial charge in [0.15, 0.2) is 0 Å². The Morgan fingerprint density at radius 3 is 2.52 bits per heavy atom. The Labute approximate surface area is 152 Å². The molecule has 1 aliphatic carbocycles. The molecule has 0 radical (unpaired) electrons. The molecule has 0 spiro atoms. The number of unbranched alkanes of at least 4 members (excludes halogenated alkanes) is 6. The second-order valence-corrected chi connectivity index (χ2v) is 6.98. The third kappa shape index (κ3) is 4.79. The first-order valence-corrected chi connectivity index (χ1v) is 9.84. The van der Waals surface area contributed by atoms with Crippen LogP contribution in [-0.2, 0) is 0 Å². The van der Waals surface area contributed by atoms with Crippen molar-refractivity contribution in [3.63, 3.8) is 0 Å². The number of pyridine rings is 1. The van der Waals surface area contributed by atoms with Crippen LogP contribution in [-0.4, -0.2) is 11.5 Å². The molecule has 0 bridgehead atoms. The molecule has 0 amide bonds. The first-order chi connectivity index (χ1) is 12.4. The minimum atomic E-state index is 0.292. The highest BCUT2D eigenvalue weighted by Gasteiger charge is 2.25. The number of fused-ring (bicyclic) bond motifs is 1. The minimum absolute atomic E-state index is 0.292. The quantitative estimate of drug-likeness (QED) is 0.538. The third-order valence-electron chi connectivity index (χ3n) is 5.05. The monoisotopic (exact) mass is 334 g/mol. The summed E-state index contributed by atoms with van der Waals surface area (Å²) < 4.78 is 0. The second kappa shape index (κ2) is 9.53. The molecule has 2 aromatic rings. The number of benzene rings is 1. The van der Waals surface area contributed by atoms with Gasteiger partial charge in [0.2, 0.25) is 0 Å². The Bertz CT molecular complexity index is 676. The lowest BCUT2D eigenvalue weighted by Gasteiger charge is -2.19. The van der Waals surface area contributed by atoms with Gasteiger partial charge < -0.3 is 5.32 Å². The topological polar surface area (TPSA) is 24.9 Å². The molecule has 3 rings (SSSR count). The highest BCUT2D eigenvalue weighted by Crippen LogP contribution is 2.39. The van der Waals surface area contributed by atoms with Crippen LogP contribution in [0.1, 0.15) is 74.6 Å². The van der Waals surface area contributed by atoms with Crippen molar-refractivity contribution in [3.8, 4) is 0 Å². The second-order valence-electron chi connectivity index (χ2n) is 6.98. The van der Waals surface area contributed by atoms with Crippen LogP contribution in [0.2, 0.25) is 0 Å². The predicted octanol–water partition coefficient (Wildman–Crippen LogP) is 6.02. The molecule has 1 unspecified atom stereocenters. The van der Waals surface area contributed by atoms with Crippen molar-refractivity contribution in [3.05, 3.63) is 65.5 Å². The fourth-order valence-corrected chi connectivity index (χ4v) is 3.66. The van der Waals surface area contributed by atoms with E-state index < -0.39 is 0 Å². The number of hydrogen-bond donors (Lipinski definition) is 1. The Morgan fingerprint density at radius 1 is 0.920 bits per heavy atom. The van der Waals surface area contributed by atoms with E-state index in [4.69, 9.17) is 0 Å². The van der Waals surface area contributed by atoms with Crippen LogP contribution in [0.15, 0.2) is 48.8 Å². The molecule has 1 atom stereocenters. The molecule has 2 nitrogen and oxygen atoms in total. The molecule has 2 heteroatoms. The fourth-order valence-electron chi connectivity index (χ4n) is 3.66. The summed E-state index contributed by atoms with van der Waals surface area (Å²) in [7, 11) is 0. The van der Waals surface area contributed by atoms with Crippen molar-refractivity contribution in [2.45, 2.75) is 57.9 Å². The van der Waals surface area contributed by atoms with Gasteiger partial charge in [0.25, 0.3) is 0 Å². The maximum absolute atomic E-state index is 4.30. The highest BCUT2D eigenvalue weighted by molar-refractivity contribution is 5.91. The van der Waals surface area contributed by atoms with Gasteiger partial charge in [-0.15, -0.1) is 0 Å². The number of nitrogens with zero attached hydrogens (tertiary/aromatic N) is 1. The summed E-state index contributed by atoms with van der Waals surface area (Å²) in [5.74, 6) is 0. The van der Waals surface area contributed by atoms with Crippen LogP contribution >= 0.6 is 0 Å². The van der Waals surface area contributed by atoms with Gasteiger partial charge in [-0.2, -0.15) is 0 Å². The van der Waals surface area contributed by atoms with E-state index in [1.165, 1.54) is 67.2 Å². The van der Waals surface area contributed by atoms with Gasteiger partial charge in [0.1, 0.15) is 0 Å². The first-order valence-electron chi connectivity index (χ1n) is 9.84. The third-order valence-corrected chi connectivity index (χ3v) is 5.05. The highest BCUT2D eigenvalue weighted by atomic mass is 14.9. The maximum Gasteiger partial charge on any atom is 0.0589 e. The average Bonchev–Trinajstić information content (AvgIpc) is 3.03. The Hall–Kier alpha value is -1.93. The zero-order valence-electron chi connectivity index (χ0n) is 15.4. The van der Waals surface area contributed by atoms with E-state index in [1.54, 1.807) is 0 Å². The lowest BCUT2D eigenvalue weighted by Crippen LogP contribution is -2.22. The van der Waals surface area contributed by atoms with Crippen LogP contribution in [0.25, 0.3) is 11.6 Å². The molecule has 1 heterocycles. The summed E-state index contributed by atoms with van der Waals surface area (Å²) >= 11 is 0. The van der Waals surface area contributed by atoms with E-state index in [1.807, 2.05) is 18.5 Å². The van der Waals surface area contributed by atoms with Crippen molar-refractivity contribution in [2.24, 2.45) is 0 Å². The zero-order chi connectivity index (χ0) is 17.3. The van der Waals surface area contributed by atoms with Crippen LogP contribution < -0.4 is 5.32 Å². The van der Waals surface area contributed by atoms with E-state index in [0.717, 1.165) is 6.54 Å². The summed E-state index contributed by atoms with van der Waals surface area (Å²) in [4.78, 5) is 4.30. The summed E-state index contributed by atoms with van der Waals surface area (Å²) in [5.41, 5.74) is 5.29. The maximum atomic E-state index is 4.30. The molecule has 25 heavy (non-hydrogen) atoms. The SMILES string of the molecule is CCCCCCCCCNC1C(c2cccnc2)=Cc2ccccc21. The van der Waals surface area contributed by atoms with Crippen LogP contribution in [0.5, 0.6) is 0 Å². The van der Waals surface area contributed by atoms with E-state index in [-0.39, 0.29) is 0 Å². The summed E-state index contributed by atoms with van der Waals surface area (Å²) in [6.07, 6.45) is 15.6. The van der Waals surface area contributed by atoms with Crippen LogP contribution in [0.3, 0.4) is 0 Å². The minimum Gasteiger partial charge on any atom is -0.306 e. The molecule has 132 valence electrons. The van der Waals surface area contributed by atoms with Crippen molar-refractivity contribution in [2.75, 3.05) is 6.54 Å². The summed E-state index contributed by atoms with van der Waals surface area (Å²) in [6, 6.07) is 13.2. The molecule has 0 saturated carbocycles. The number of rotatable bonds is 10. The van der Waals surface area contributed by atoms with Crippen molar-refractivity contribution in [1.29, 1.82) is 0 Å². The zero-order valence-corrected chi connectivity index (χ0v) is 15.4. The fraction of sp³-hybridized carbons (Fsp3) is 0.435. The van der Waals surface area contributed by atoms with Gasteiger partial charge in [-0.3, -0.25) is 4.98 Å². The molecule has 0 fully saturated rings. The Kier molecular flexibility index (Phi) is 6.81. The molecule has 1 aliphatic rings. The van der Waals surface area contributed by atoms with Gasteiger partial charge in [-0.1, -0.05) is 75.8 Å². The smallest absolute Gasteiger partial charge is 0.0589 e. The van der Waals surface area contributed by atoms with E-state index in [2.05, 4.69) is 53.6 Å². The molecule has 1 aromatic heterocycles. The van der Waals surface area contributed by atoms with Crippen LogP contribution in [0.4, 0.5) is 0 Å². The molecular weight excluding hydrogens is 304 g/mol. The van der Waals surface area contributed by atoms with E-state index in [9.17, 15) is 0 Å². The predicted molar refractivity (Wildman–Crippen MR) is 107 cm³/mol. The van der Waals surface area contributed by atoms with E-state index >= 15 is 0 Å². The summed E-state index contributed by atoms with van der Waals surface area (Å²) in [5, 5.41) is 3.79. The van der Waals surface area contributed by atoms with Gasteiger partial charge in [-0.05, 0) is 47.4 Å². The van der Waals surface area contributed by atoms with E-state index in [0.29, 0.717) is 6.04 Å². The molecule has 0 aliphatic heterocycles.